The van der Waals surface area contributed by atoms with Gasteiger partial charge in [-0.2, -0.15) is 4.39 Å². The lowest BCUT2D eigenvalue weighted by Crippen LogP contribution is -2.22. The number of carboxylic acid groups (broad SMARTS) is 1. The smallest absolute Gasteiger partial charge is 0.450 e. The largest absolute Gasteiger partial charge is 0.508 e. The Hall–Kier alpha value is -0.910. The summed E-state index contributed by atoms with van der Waals surface area (Å²) < 4.78 is 25.9. The number of ether oxygens (including phenoxy) is 1. The molecule has 9 heavy (non-hydrogen) atoms. The lowest BCUT2D eigenvalue weighted by atomic mass is 10.7. The lowest BCUT2D eigenvalue weighted by Gasteiger charge is -2.05. The van der Waals surface area contributed by atoms with Crippen molar-refractivity contribution in [3.63, 3.8) is 0 Å². The van der Waals surface area contributed by atoms with Gasteiger partial charge in [-0.1, -0.05) is 0 Å². The molecular weight excluding hydrogens is 138 g/mol. The van der Waals surface area contributed by atoms with Crippen LogP contribution in [0, 0.1) is 0 Å². The standard InChI is InChI=1S/C3H4F2O4/c4-1(6)2(5)9-3(7)8/h1-2,6H,(H,7,8). The molecule has 0 aromatic rings. The van der Waals surface area contributed by atoms with Gasteiger partial charge in [0.2, 0.25) is 0 Å². The van der Waals surface area contributed by atoms with Crippen LogP contribution in [0.3, 0.4) is 0 Å². The molecule has 0 spiro atoms. The highest BCUT2D eigenvalue weighted by atomic mass is 19.2. The number of rotatable bonds is 2. The van der Waals surface area contributed by atoms with E-state index in [1.54, 1.807) is 0 Å². The van der Waals surface area contributed by atoms with Gasteiger partial charge in [0.15, 0.2) is 0 Å². The molecule has 0 aromatic carbocycles. The maximum atomic E-state index is 11.5. The Morgan fingerprint density at radius 2 is 2.00 bits per heavy atom. The number of carbonyl (C=O) groups is 1. The van der Waals surface area contributed by atoms with Crippen LogP contribution >= 0.6 is 0 Å². The Bertz CT molecular complexity index is 104. The highest BCUT2D eigenvalue weighted by molar-refractivity contribution is 5.56. The number of aliphatic hydroxyl groups is 1. The van der Waals surface area contributed by atoms with E-state index in [1.165, 1.54) is 0 Å². The summed E-state index contributed by atoms with van der Waals surface area (Å²) in [5.41, 5.74) is 0. The summed E-state index contributed by atoms with van der Waals surface area (Å²) in [6, 6.07) is 0. The molecule has 6 heteroatoms. The first-order valence-corrected chi connectivity index (χ1v) is 1.90. The van der Waals surface area contributed by atoms with Gasteiger partial charge < -0.3 is 14.9 Å². The normalized spacial score (nSPS) is 16.3. The molecule has 0 bridgehead atoms. The Morgan fingerprint density at radius 1 is 1.56 bits per heavy atom. The van der Waals surface area contributed by atoms with E-state index in [1.807, 2.05) is 0 Å². The second kappa shape index (κ2) is 3.18. The van der Waals surface area contributed by atoms with Gasteiger partial charge in [-0.25, -0.2) is 9.18 Å². The molecule has 0 saturated carbocycles. The van der Waals surface area contributed by atoms with E-state index in [2.05, 4.69) is 4.74 Å². The number of aliphatic hydroxyl groups excluding tert-OH is 1. The van der Waals surface area contributed by atoms with E-state index in [0.29, 0.717) is 0 Å². The van der Waals surface area contributed by atoms with Gasteiger partial charge in [-0.3, -0.25) is 0 Å². The van der Waals surface area contributed by atoms with Crippen LogP contribution in [-0.4, -0.2) is 29.1 Å². The van der Waals surface area contributed by atoms with Gasteiger partial charge in [0, 0.05) is 0 Å². The Kier molecular flexibility index (Phi) is 2.86. The monoisotopic (exact) mass is 142 g/mol. The first-order valence-electron chi connectivity index (χ1n) is 1.90. The molecule has 4 nitrogen and oxygen atoms in total. The maximum Gasteiger partial charge on any atom is 0.508 e. The number of halogens is 2. The topological polar surface area (TPSA) is 66.8 Å². The predicted molar refractivity (Wildman–Crippen MR) is 21.1 cm³/mol. The summed E-state index contributed by atoms with van der Waals surface area (Å²) in [7, 11) is 0. The third-order valence-electron chi connectivity index (χ3n) is 0.430. The molecule has 2 atom stereocenters. The van der Waals surface area contributed by atoms with Crippen molar-refractivity contribution < 1.29 is 28.5 Å². The number of alkyl halides is 2. The van der Waals surface area contributed by atoms with E-state index in [0.717, 1.165) is 0 Å². The fraction of sp³-hybridized carbons (Fsp3) is 0.667. The van der Waals surface area contributed by atoms with Crippen molar-refractivity contribution in [3.05, 3.63) is 0 Å². The van der Waals surface area contributed by atoms with Crippen molar-refractivity contribution in [2.75, 3.05) is 0 Å². The molecule has 0 saturated heterocycles. The van der Waals surface area contributed by atoms with Crippen molar-refractivity contribution >= 4 is 6.16 Å². The van der Waals surface area contributed by atoms with Crippen LogP contribution in [0.1, 0.15) is 0 Å². The Morgan fingerprint density at radius 3 is 2.11 bits per heavy atom. The van der Waals surface area contributed by atoms with Crippen LogP contribution in [0.2, 0.25) is 0 Å². The van der Waals surface area contributed by atoms with E-state index in [-0.39, 0.29) is 0 Å². The van der Waals surface area contributed by atoms with Crippen molar-refractivity contribution in [2.45, 2.75) is 12.7 Å². The minimum Gasteiger partial charge on any atom is -0.450 e. The van der Waals surface area contributed by atoms with Crippen LogP contribution < -0.4 is 0 Å². The zero-order valence-electron chi connectivity index (χ0n) is 4.12. The van der Waals surface area contributed by atoms with Crippen LogP contribution in [-0.2, 0) is 4.74 Å². The van der Waals surface area contributed by atoms with Crippen molar-refractivity contribution in [3.8, 4) is 0 Å². The molecule has 54 valence electrons. The quantitative estimate of drug-likeness (QED) is 0.543. The Balaban J connectivity index is 3.50. The molecule has 0 aliphatic heterocycles. The molecular formula is C3H4F2O4. The fourth-order valence-corrected chi connectivity index (χ4v) is 0.152. The van der Waals surface area contributed by atoms with Crippen molar-refractivity contribution in [1.29, 1.82) is 0 Å². The molecule has 0 rings (SSSR count). The fourth-order valence-electron chi connectivity index (χ4n) is 0.152. The maximum absolute atomic E-state index is 11.5. The summed E-state index contributed by atoms with van der Waals surface area (Å²) in [6.07, 6.45) is -7.71. The highest BCUT2D eigenvalue weighted by Crippen LogP contribution is 2.01. The summed E-state index contributed by atoms with van der Waals surface area (Å²) in [6.45, 7) is 0. The molecule has 0 heterocycles. The van der Waals surface area contributed by atoms with Gasteiger partial charge in [0.25, 0.3) is 12.7 Å². The minimum absolute atomic E-state index is 1.97. The molecule has 0 radical (unpaired) electrons. The van der Waals surface area contributed by atoms with Gasteiger partial charge >= 0.3 is 6.16 Å². The molecule has 0 amide bonds. The first kappa shape index (κ1) is 8.09. The van der Waals surface area contributed by atoms with Crippen LogP contribution in [0.25, 0.3) is 0 Å². The second-order valence-corrected chi connectivity index (χ2v) is 1.11. The van der Waals surface area contributed by atoms with Crippen molar-refractivity contribution in [2.24, 2.45) is 0 Å². The van der Waals surface area contributed by atoms with E-state index in [9.17, 15) is 13.6 Å². The second-order valence-electron chi connectivity index (χ2n) is 1.11. The highest BCUT2D eigenvalue weighted by Gasteiger charge is 2.20. The molecule has 0 aliphatic carbocycles. The Labute approximate surface area is 48.7 Å². The SMILES string of the molecule is O=C(O)OC(F)C(O)F. The third-order valence-corrected chi connectivity index (χ3v) is 0.430. The number of hydrogen-bond donors (Lipinski definition) is 2. The predicted octanol–water partition coefficient (Wildman–Crippen LogP) is 0.265. The number of hydrogen-bond acceptors (Lipinski definition) is 3. The first-order chi connectivity index (χ1) is 4.04. The average Bonchev–Trinajstić information content (AvgIpc) is 1.63. The van der Waals surface area contributed by atoms with Crippen LogP contribution in [0.15, 0.2) is 0 Å². The molecule has 0 aliphatic rings. The van der Waals surface area contributed by atoms with Gasteiger partial charge in [-0.05, 0) is 0 Å². The summed E-state index contributed by atoms with van der Waals surface area (Å²) in [5, 5.41) is 15.2. The summed E-state index contributed by atoms with van der Waals surface area (Å²) in [4.78, 5) is 9.37. The molecule has 0 aromatic heterocycles. The lowest BCUT2D eigenvalue weighted by molar-refractivity contribution is -0.139. The minimum atomic E-state index is -2.92. The van der Waals surface area contributed by atoms with Gasteiger partial charge in [0.1, 0.15) is 0 Å². The van der Waals surface area contributed by atoms with Crippen LogP contribution in [0.5, 0.6) is 0 Å². The summed E-state index contributed by atoms with van der Waals surface area (Å²) >= 11 is 0. The van der Waals surface area contributed by atoms with E-state index in [4.69, 9.17) is 10.2 Å². The summed E-state index contributed by atoms with van der Waals surface area (Å²) in [5.74, 6) is 0. The van der Waals surface area contributed by atoms with Crippen molar-refractivity contribution in [1.82, 2.24) is 0 Å². The average molecular weight is 142 g/mol. The van der Waals surface area contributed by atoms with Gasteiger partial charge in [-0.15, -0.1) is 0 Å². The van der Waals surface area contributed by atoms with E-state index >= 15 is 0 Å². The zero-order valence-corrected chi connectivity index (χ0v) is 4.12. The third kappa shape index (κ3) is 3.65. The molecule has 2 N–H and O–H groups in total. The zero-order chi connectivity index (χ0) is 7.44. The molecule has 2 unspecified atom stereocenters. The van der Waals surface area contributed by atoms with Gasteiger partial charge in [0.05, 0.1) is 0 Å². The molecule has 0 fully saturated rings. The van der Waals surface area contributed by atoms with Crippen LogP contribution in [0.4, 0.5) is 13.6 Å². The van der Waals surface area contributed by atoms with E-state index < -0.39 is 18.9 Å².